The summed E-state index contributed by atoms with van der Waals surface area (Å²) in [6.45, 7) is 1.98. The number of carbonyl (C=O) groups is 1. The molecule has 19 heavy (non-hydrogen) atoms. The number of hydrogen-bond donors (Lipinski definition) is 1. The van der Waals surface area contributed by atoms with Crippen LogP contribution in [0.1, 0.15) is 28.0 Å². The van der Waals surface area contributed by atoms with Crippen LogP contribution in [0.15, 0.2) is 24.4 Å². The van der Waals surface area contributed by atoms with Crippen LogP contribution in [0.2, 0.25) is 0 Å². The number of rotatable bonds is 3. The van der Waals surface area contributed by atoms with E-state index in [0.29, 0.717) is 11.6 Å². The van der Waals surface area contributed by atoms with Gasteiger partial charge in [-0.15, -0.1) is 11.3 Å². The van der Waals surface area contributed by atoms with Gasteiger partial charge in [0, 0.05) is 11.1 Å². The van der Waals surface area contributed by atoms with Gasteiger partial charge in [-0.05, 0) is 42.9 Å². The van der Waals surface area contributed by atoms with Crippen LogP contribution in [0.25, 0.3) is 0 Å². The molecule has 4 heteroatoms. The zero-order chi connectivity index (χ0) is 13.2. The van der Waals surface area contributed by atoms with Crippen molar-refractivity contribution in [1.82, 2.24) is 4.98 Å². The molecule has 0 saturated heterocycles. The summed E-state index contributed by atoms with van der Waals surface area (Å²) in [6.07, 6.45) is 5.77. The number of benzene rings is 1. The first-order chi connectivity index (χ1) is 9.20. The van der Waals surface area contributed by atoms with Crippen molar-refractivity contribution in [3.05, 3.63) is 46.0 Å². The first kappa shape index (κ1) is 12.4. The van der Waals surface area contributed by atoms with Gasteiger partial charge >= 0.3 is 0 Å². The maximum Gasteiger partial charge on any atom is 0.230 e. The van der Waals surface area contributed by atoms with Gasteiger partial charge in [-0.25, -0.2) is 4.98 Å². The fraction of sp³-hybridized carbons (Fsp3) is 0.333. The predicted molar refractivity (Wildman–Crippen MR) is 77.7 cm³/mol. The standard InChI is InChI=1S/C15H16N2OS/c1-10-9-16-15(19-10)17-14(18)8-11-5-6-12-3-2-4-13(12)7-11/h5-7,9H,2-4,8H2,1H3,(H,16,17,18). The van der Waals surface area contributed by atoms with Gasteiger partial charge in [0.15, 0.2) is 5.13 Å². The van der Waals surface area contributed by atoms with Crippen LogP contribution < -0.4 is 5.32 Å². The third kappa shape index (κ3) is 2.84. The second kappa shape index (κ2) is 5.13. The van der Waals surface area contributed by atoms with Crippen LogP contribution >= 0.6 is 11.3 Å². The molecule has 0 fully saturated rings. The van der Waals surface area contributed by atoms with Gasteiger partial charge in [0.1, 0.15) is 0 Å². The smallest absolute Gasteiger partial charge is 0.230 e. The van der Waals surface area contributed by atoms with Gasteiger partial charge in [-0.3, -0.25) is 4.79 Å². The van der Waals surface area contributed by atoms with Crippen LogP contribution in [-0.2, 0) is 24.1 Å². The summed E-state index contributed by atoms with van der Waals surface area (Å²) in [7, 11) is 0. The molecule has 1 aliphatic carbocycles. The number of fused-ring (bicyclic) bond motifs is 1. The topological polar surface area (TPSA) is 42.0 Å². The van der Waals surface area contributed by atoms with E-state index in [9.17, 15) is 4.79 Å². The maximum absolute atomic E-state index is 11.9. The number of nitrogens with one attached hydrogen (secondary N) is 1. The summed E-state index contributed by atoms with van der Waals surface area (Å²) in [5.41, 5.74) is 3.95. The van der Waals surface area contributed by atoms with E-state index in [1.54, 1.807) is 6.20 Å². The molecule has 2 aromatic rings. The summed E-state index contributed by atoms with van der Waals surface area (Å²) in [6, 6.07) is 6.41. The summed E-state index contributed by atoms with van der Waals surface area (Å²) in [4.78, 5) is 17.2. The number of nitrogens with zero attached hydrogens (tertiary/aromatic N) is 1. The molecule has 0 atom stereocenters. The van der Waals surface area contributed by atoms with Gasteiger partial charge in [0.2, 0.25) is 5.91 Å². The third-order valence-electron chi connectivity index (χ3n) is 3.40. The molecule has 0 unspecified atom stereocenters. The molecule has 1 N–H and O–H groups in total. The van der Waals surface area contributed by atoms with Crippen LogP contribution in [-0.4, -0.2) is 10.9 Å². The number of aromatic nitrogens is 1. The quantitative estimate of drug-likeness (QED) is 0.932. The molecule has 0 radical (unpaired) electrons. The van der Waals surface area contributed by atoms with Gasteiger partial charge in [-0.1, -0.05) is 18.2 Å². The highest BCUT2D eigenvalue weighted by Crippen LogP contribution is 2.23. The normalized spacial score (nSPS) is 13.3. The van der Waals surface area contributed by atoms with Gasteiger partial charge in [-0.2, -0.15) is 0 Å². The van der Waals surface area contributed by atoms with Crippen LogP contribution in [0, 0.1) is 6.92 Å². The molecule has 3 nitrogen and oxygen atoms in total. The summed E-state index contributed by atoms with van der Waals surface area (Å²) < 4.78 is 0. The van der Waals surface area contributed by atoms with E-state index in [0.717, 1.165) is 16.9 Å². The fourth-order valence-electron chi connectivity index (χ4n) is 2.50. The van der Waals surface area contributed by atoms with Crippen LogP contribution in [0.5, 0.6) is 0 Å². The highest BCUT2D eigenvalue weighted by Gasteiger charge is 2.12. The van der Waals surface area contributed by atoms with Crippen molar-refractivity contribution in [1.29, 1.82) is 0 Å². The second-order valence-corrected chi connectivity index (χ2v) is 6.19. The Morgan fingerprint density at radius 3 is 3.00 bits per heavy atom. The lowest BCUT2D eigenvalue weighted by Crippen LogP contribution is -2.14. The van der Waals surface area contributed by atoms with Crippen LogP contribution in [0.3, 0.4) is 0 Å². The molecule has 1 aromatic carbocycles. The summed E-state index contributed by atoms with van der Waals surface area (Å²) in [5.74, 6) is 0.00676. The van der Waals surface area contributed by atoms with E-state index < -0.39 is 0 Å². The number of anilines is 1. The predicted octanol–water partition coefficient (Wildman–Crippen LogP) is 3.12. The lowest BCUT2D eigenvalue weighted by Gasteiger charge is -2.05. The average molecular weight is 272 g/mol. The van der Waals surface area contributed by atoms with Gasteiger partial charge in [0.05, 0.1) is 6.42 Å². The molecular weight excluding hydrogens is 256 g/mol. The van der Waals surface area contributed by atoms with Crippen molar-refractivity contribution in [3.8, 4) is 0 Å². The molecule has 1 amide bonds. The van der Waals surface area contributed by atoms with Crippen molar-refractivity contribution in [2.24, 2.45) is 0 Å². The lowest BCUT2D eigenvalue weighted by molar-refractivity contribution is -0.115. The largest absolute Gasteiger partial charge is 0.302 e. The first-order valence-electron chi connectivity index (χ1n) is 6.54. The first-order valence-corrected chi connectivity index (χ1v) is 7.35. The van der Waals surface area contributed by atoms with E-state index in [1.807, 2.05) is 6.92 Å². The number of aryl methyl sites for hydroxylation is 3. The highest BCUT2D eigenvalue weighted by atomic mass is 32.1. The molecule has 98 valence electrons. The summed E-state index contributed by atoms with van der Waals surface area (Å²) in [5, 5.41) is 3.53. The molecule has 1 aliphatic rings. The molecule has 1 aromatic heterocycles. The average Bonchev–Trinajstić information content (AvgIpc) is 2.97. The van der Waals surface area contributed by atoms with Crippen molar-refractivity contribution < 1.29 is 4.79 Å². The molecule has 0 saturated carbocycles. The zero-order valence-corrected chi connectivity index (χ0v) is 11.7. The number of carbonyl (C=O) groups excluding carboxylic acids is 1. The number of hydrogen-bond acceptors (Lipinski definition) is 3. The van der Waals surface area contributed by atoms with Crippen molar-refractivity contribution >= 4 is 22.4 Å². The SMILES string of the molecule is Cc1cnc(NC(=O)Cc2ccc3c(c2)CCC3)s1. The Kier molecular flexibility index (Phi) is 3.34. The van der Waals surface area contributed by atoms with Gasteiger partial charge < -0.3 is 5.32 Å². The molecule has 0 aliphatic heterocycles. The molecule has 0 bridgehead atoms. The number of thiazole rings is 1. The molecular formula is C15H16N2OS. The Bertz CT molecular complexity index is 618. The minimum Gasteiger partial charge on any atom is -0.302 e. The Labute approximate surface area is 116 Å². The Morgan fingerprint density at radius 1 is 1.37 bits per heavy atom. The fourth-order valence-corrected chi connectivity index (χ4v) is 3.18. The van der Waals surface area contributed by atoms with Crippen LogP contribution in [0.4, 0.5) is 5.13 Å². The summed E-state index contributed by atoms with van der Waals surface area (Å²) >= 11 is 1.50. The molecule has 0 spiro atoms. The molecule has 3 rings (SSSR count). The minimum absolute atomic E-state index is 0.00676. The Hall–Kier alpha value is -1.68. The Morgan fingerprint density at radius 2 is 2.21 bits per heavy atom. The minimum atomic E-state index is 0.00676. The highest BCUT2D eigenvalue weighted by molar-refractivity contribution is 7.15. The molecule has 1 heterocycles. The maximum atomic E-state index is 11.9. The lowest BCUT2D eigenvalue weighted by atomic mass is 10.0. The van der Waals surface area contributed by atoms with Crippen molar-refractivity contribution in [3.63, 3.8) is 0 Å². The van der Waals surface area contributed by atoms with E-state index in [1.165, 1.54) is 35.3 Å². The van der Waals surface area contributed by atoms with Crippen molar-refractivity contribution in [2.45, 2.75) is 32.6 Å². The second-order valence-electron chi connectivity index (χ2n) is 4.96. The monoisotopic (exact) mass is 272 g/mol. The Balaban J connectivity index is 1.66. The zero-order valence-electron chi connectivity index (χ0n) is 10.9. The van der Waals surface area contributed by atoms with E-state index in [-0.39, 0.29) is 5.91 Å². The van der Waals surface area contributed by atoms with Crippen molar-refractivity contribution in [2.75, 3.05) is 5.32 Å². The van der Waals surface area contributed by atoms with Gasteiger partial charge in [0.25, 0.3) is 0 Å². The van der Waals surface area contributed by atoms with E-state index >= 15 is 0 Å². The van der Waals surface area contributed by atoms with E-state index in [4.69, 9.17) is 0 Å². The third-order valence-corrected chi connectivity index (χ3v) is 4.22. The van der Waals surface area contributed by atoms with E-state index in [2.05, 4.69) is 28.5 Å². The number of amides is 1.